The van der Waals surface area contributed by atoms with E-state index in [2.05, 4.69) is 22.4 Å². The van der Waals surface area contributed by atoms with Crippen molar-refractivity contribution in [2.75, 3.05) is 24.5 Å². The van der Waals surface area contributed by atoms with Gasteiger partial charge in [0.15, 0.2) is 0 Å². The van der Waals surface area contributed by atoms with E-state index in [0.29, 0.717) is 12.5 Å². The molecule has 5 nitrogen and oxygen atoms in total. The minimum atomic E-state index is 0.250. The number of likely N-dealkylation sites (tertiary alicyclic amines) is 1. The minimum absolute atomic E-state index is 0.250. The highest BCUT2D eigenvalue weighted by atomic mass is 32.1. The number of anilines is 1. The van der Waals surface area contributed by atoms with Gasteiger partial charge in [0.1, 0.15) is 5.01 Å². The highest BCUT2D eigenvalue weighted by Crippen LogP contribution is 2.40. The first-order chi connectivity index (χ1) is 12.7. The van der Waals surface area contributed by atoms with Gasteiger partial charge in [0.2, 0.25) is 5.91 Å². The number of carbonyl (C=O) groups is 1. The van der Waals surface area contributed by atoms with Crippen LogP contribution in [0.5, 0.6) is 0 Å². The van der Waals surface area contributed by atoms with E-state index in [1.54, 1.807) is 11.3 Å². The molecule has 1 saturated heterocycles. The second kappa shape index (κ2) is 6.44. The van der Waals surface area contributed by atoms with Gasteiger partial charge in [-0.2, -0.15) is 0 Å². The first-order valence-electron chi connectivity index (χ1n) is 9.56. The summed E-state index contributed by atoms with van der Waals surface area (Å²) in [5, 5.41) is 3.33. The van der Waals surface area contributed by atoms with E-state index in [0.717, 1.165) is 57.6 Å². The molecule has 0 spiro atoms. The first-order valence-corrected chi connectivity index (χ1v) is 10.4. The smallest absolute Gasteiger partial charge is 0.231 e. The van der Waals surface area contributed by atoms with Crippen LogP contribution in [0, 0.1) is 0 Å². The average molecular weight is 369 g/mol. The molecule has 0 bridgehead atoms. The van der Waals surface area contributed by atoms with Gasteiger partial charge in [-0.15, -0.1) is 11.3 Å². The zero-order valence-corrected chi connectivity index (χ0v) is 15.7. The third kappa shape index (κ3) is 2.86. The van der Waals surface area contributed by atoms with Gasteiger partial charge in [0.05, 0.1) is 24.3 Å². The lowest BCUT2D eigenvalue weighted by atomic mass is 9.96. The van der Waals surface area contributed by atoms with E-state index >= 15 is 0 Å². The number of aryl methyl sites for hydroxylation is 1. The van der Waals surface area contributed by atoms with Gasteiger partial charge >= 0.3 is 0 Å². The third-order valence-electron chi connectivity index (χ3n) is 5.85. The molecule has 0 unspecified atom stereocenters. The largest absolute Gasteiger partial charge is 0.328 e. The monoisotopic (exact) mass is 368 g/mol. The predicted molar refractivity (Wildman–Crippen MR) is 104 cm³/mol. The van der Waals surface area contributed by atoms with Gasteiger partial charge in [-0.05, 0) is 48.9 Å². The van der Waals surface area contributed by atoms with Crippen LogP contribution in [-0.2, 0) is 24.2 Å². The Morgan fingerprint density at radius 3 is 2.85 bits per heavy atom. The molecule has 1 amide bonds. The fourth-order valence-corrected chi connectivity index (χ4v) is 5.29. The van der Waals surface area contributed by atoms with Crippen LogP contribution in [0.25, 0.3) is 11.3 Å². The molecular weight excluding hydrogens is 344 g/mol. The Labute approximate surface area is 157 Å². The molecule has 1 aromatic carbocycles. The van der Waals surface area contributed by atoms with Crippen LogP contribution >= 0.6 is 11.3 Å². The minimum Gasteiger partial charge on any atom is -0.328 e. The second-order valence-electron chi connectivity index (χ2n) is 7.71. The molecule has 0 radical (unpaired) electrons. The molecule has 2 N–H and O–H groups in total. The number of carbonyl (C=O) groups excluding carboxylic acids is 1. The molecule has 3 aliphatic heterocycles. The lowest BCUT2D eigenvalue weighted by Crippen LogP contribution is -2.39. The number of amides is 1. The molecule has 0 atom stereocenters. The van der Waals surface area contributed by atoms with E-state index in [1.165, 1.54) is 27.4 Å². The summed E-state index contributed by atoms with van der Waals surface area (Å²) in [5.74, 6) is 0.250. The number of rotatable bonds is 3. The van der Waals surface area contributed by atoms with Crippen LogP contribution in [0.4, 0.5) is 5.69 Å². The summed E-state index contributed by atoms with van der Waals surface area (Å²) in [4.78, 5) is 21.6. The topological polar surface area (TPSA) is 62.5 Å². The Morgan fingerprint density at radius 2 is 2.00 bits per heavy atom. The maximum Gasteiger partial charge on any atom is 0.231 e. The summed E-state index contributed by atoms with van der Waals surface area (Å²) < 4.78 is 0. The molecule has 4 heterocycles. The molecule has 0 aliphatic carbocycles. The molecule has 2 aromatic rings. The number of piperidine rings is 1. The van der Waals surface area contributed by atoms with Gasteiger partial charge in [-0.3, -0.25) is 9.69 Å². The number of hydrogen-bond donors (Lipinski definition) is 1. The van der Waals surface area contributed by atoms with Crippen molar-refractivity contribution in [1.82, 2.24) is 9.88 Å². The van der Waals surface area contributed by atoms with Crippen LogP contribution in [0.15, 0.2) is 17.5 Å². The van der Waals surface area contributed by atoms with Crippen LogP contribution in [0.3, 0.4) is 0 Å². The number of benzene rings is 1. The quantitative estimate of drug-likeness (QED) is 0.904. The summed E-state index contributed by atoms with van der Waals surface area (Å²) in [5.41, 5.74) is 11.9. The average Bonchev–Trinajstić information content (AvgIpc) is 3.23. The molecule has 3 aliphatic rings. The fourth-order valence-electron chi connectivity index (χ4n) is 4.45. The highest BCUT2D eigenvalue weighted by Gasteiger charge is 2.32. The molecule has 1 aromatic heterocycles. The van der Waals surface area contributed by atoms with Crippen molar-refractivity contribution in [3.8, 4) is 11.3 Å². The van der Waals surface area contributed by atoms with Crippen molar-refractivity contribution in [3.05, 3.63) is 33.6 Å². The Kier molecular flexibility index (Phi) is 4.07. The van der Waals surface area contributed by atoms with Crippen LogP contribution in [0.1, 0.15) is 35.4 Å². The Hall–Kier alpha value is -1.76. The standard InChI is InChI=1S/C20H24N4OS/c21-16-3-6-23(7-4-16)11-18-22-17(12-26-18)14-8-13-2-1-5-24-19(25)10-15(9-14)20(13)24/h8-9,12,16H,1-7,10-11,21H2. The predicted octanol–water partition coefficient (Wildman–Crippen LogP) is 2.57. The van der Waals surface area contributed by atoms with Gasteiger partial charge in [-0.1, -0.05) is 0 Å². The summed E-state index contributed by atoms with van der Waals surface area (Å²) in [7, 11) is 0. The van der Waals surface area contributed by atoms with E-state index in [-0.39, 0.29) is 5.91 Å². The molecule has 136 valence electrons. The normalized spacial score (nSPS) is 20.7. The lowest BCUT2D eigenvalue weighted by molar-refractivity contribution is -0.117. The van der Waals surface area contributed by atoms with E-state index in [1.807, 2.05) is 4.90 Å². The van der Waals surface area contributed by atoms with E-state index in [4.69, 9.17) is 10.7 Å². The maximum absolute atomic E-state index is 12.2. The Morgan fingerprint density at radius 1 is 1.19 bits per heavy atom. The molecule has 26 heavy (non-hydrogen) atoms. The molecule has 1 fully saturated rings. The summed E-state index contributed by atoms with van der Waals surface area (Å²) in [6, 6.07) is 4.80. The van der Waals surface area contributed by atoms with Crippen LogP contribution in [-0.4, -0.2) is 41.5 Å². The first kappa shape index (κ1) is 16.4. The van der Waals surface area contributed by atoms with Gasteiger partial charge in [-0.25, -0.2) is 4.98 Å². The molecule has 5 rings (SSSR count). The highest BCUT2D eigenvalue weighted by molar-refractivity contribution is 7.09. The lowest BCUT2D eigenvalue weighted by Gasteiger charge is -2.29. The number of aromatic nitrogens is 1. The third-order valence-corrected chi connectivity index (χ3v) is 6.68. The number of nitrogens with zero attached hydrogens (tertiary/aromatic N) is 3. The fraction of sp³-hybridized carbons (Fsp3) is 0.500. The molecule has 6 heteroatoms. The van der Waals surface area contributed by atoms with Crippen molar-refractivity contribution < 1.29 is 4.79 Å². The Bertz CT molecular complexity index is 853. The van der Waals surface area contributed by atoms with Crippen LogP contribution in [0.2, 0.25) is 0 Å². The number of nitrogens with two attached hydrogens (primary N) is 1. The zero-order valence-electron chi connectivity index (χ0n) is 14.9. The van der Waals surface area contributed by atoms with Gasteiger partial charge in [0.25, 0.3) is 0 Å². The van der Waals surface area contributed by atoms with Gasteiger partial charge in [0, 0.05) is 36.6 Å². The van der Waals surface area contributed by atoms with E-state index < -0.39 is 0 Å². The zero-order chi connectivity index (χ0) is 17.7. The number of hydrogen-bond acceptors (Lipinski definition) is 5. The van der Waals surface area contributed by atoms with E-state index in [9.17, 15) is 4.79 Å². The summed E-state index contributed by atoms with van der Waals surface area (Å²) >= 11 is 1.74. The molecule has 0 saturated carbocycles. The Balaban J connectivity index is 1.39. The summed E-state index contributed by atoms with van der Waals surface area (Å²) in [6.07, 6.45) is 4.82. The number of thiazole rings is 1. The SMILES string of the molecule is NC1CCN(Cc2nc(-c3cc4c5c(c3)CC(=O)N5CCC4)cs2)CC1. The van der Waals surface area contributed by atoms with Crippen molar-refractivity contribution in [2.24, 2.45) is 5.73 Å². The van der Waals surface area contributed by atoms with Crippen LogP contribution < -0.4 is 10.6 Å². The van der Waals surface area contributed by atoms with Crippen molar-refractivity contribution in [2.45, 2.75) is 44.7 Å². The summed E-state index contributed by atoms with van der Waals surface area (Å²) in [6.45, 7) is 3.92. The second-order valence-corrected chi connectivity index (χ2v) is 8.65. The van der Waals surface area contributed by atoms with Crippen molar-refractivity contribution >= 4 is 22.9 Å². The van der Waals surface area contributed by atoms with Crippen molar-refractivity contribution in [1.29, 1.82) is 0 Å². The maximum atomic E-state index is 12.2. The van der Waals surface area contributed by atoms with Gasteiger partial charge < -0.3 is 10.6 Å². The van der Waals surface area contributed by atoms with Crippen molar-refractivity contribution in [3.63, 3.8) is 0 Å². The molecular formula is C20H24N4OS.